The highest BCUT2D eigenvalue weighted by atomic mass is 32.1. The van der Waals surface area contributed by atoms with Gasteiger partial charge in [-0.3, -0.25) is 9.69 Å². The zero-order valence-electron chi connectivity index (χ0n) is 24.8. The van der Waals surface area contributed by atoms with E-state index in [1.807, 2.05) is 4.90 Å². The molecule has 3 fully saturated rings. The molecule has 238 valence electrons. The lowest BCUT2D eigenvalue weighted by molar-refractivity contribution is -0.128. The zero-order valence-corrected chi connectivity index (χ0v) is 25.6. The second kappa shape index (κ2) is 11.8. The number of ether oxygens (including phenoxy) is 1. The molecule has 4 aromatic rings. The number of thiophene rings is 1. The summed E-state index contributed by atoms with van der Waals surface area (Å²) in [6.45, 7) is 13.2. The number of rotatable bonds is 7. The Balaban J connectivity index is 1.33. The van der Waals surface area contributed by atoms with Crippen LogP contribution in [0.1, 0.15) is 19.3 Å². The number of aromatic nitrogens is 2. The summed E-state index contributed by atoms with van der Waals surface area (Å²) in [5.41, 5.74) is -0.348. The van der Waals surface area contributed by atoms with Crippen molar-refractivity contribution in [2.24, 2.45) is 0 Å². The Morgan fingerprint density at radius 1 is 1.13 bits per heavy atom. The van der Waals surface area contributed by atoms with Gasteiger partial charge >= 0.3 is 6.01 Å². The van der Waals surface area contributed by atoms with Gasteiger partial charge in [0.25, 0.3) is 0 Å². The summed E-state index contributed by atoms with van der Waals surface area (Å²) >= 11 is 0.652. The first-order valence-corrected chi connectivity index (χ1v) is 15.9. The smallest absolute Gasteiger partial charge is 0.319 e. The second-order valence-electron chi connectivity index (χ2n) is 12.1. The van der Waals surface area contributed by atoms with Gasteiger partial charge in [0.1, 0.15) is 30.2 Å². The van der Waals surface area contributed by atoms with Crippen LogP contribution in [0.2, 0.25) is 0 Å². The number of carbonyl (C=O) groups excluding carboxylic acids is 1. The van der Waals surface area contributed by atoms with Crippen LogP contribution in [0, 0.1) is 23.3 Å². The van der Waals surface area contributed by atoms with Gasteiger partial charge in [0.2, 0.25) is 17.6 Å². The summed E-state index contributed by atoms with van der Waals surface area (Å²) in [6.07, 6.45) is 2.26. The van der Waals surface area contributed by atoms with Gasteiger partial charge in [-0.15, -0.1) is 11.3 Å². The molecule has 7 rings (SSSR count). The molecule has 3 aliphatic heterocycles. The molecule has 0 saturated carbocycles. The standard InChI is InChI=1S/C33H30F4N6O2S/c1-3-25(44)43-13-12-41(17-20(43)15-38-2)31-23-9-8-22(21-6-4-7-24-26(21)28(36)30(37)46-24)27(35)29(23)39-32(40-31)45-18-33-10-5-11-42(33)16-19(34)14-33/h3-4,6-9,19-20H,1,5,10-18H2/t19-,20+,33+/m1/s1. The van der Waals surface area contributed by atoms with Crippen molar-refractivity contribution in [1.29, 1.82) is 0 Å². The molecule has 46 heavy (non-hydrogen) atoms. The van der Waals surface area contributed by atoms with Gasteiger partial charge in [-0.1, -0.05) is 24.8 Å². The minimum Gasteiger partial charge on any atom is -0.461 e. The number of anilines is 1. The van der Waals surface area contributed by atoms with E-state index in [-0.39, 0.29) is 60.2 Å². The summed E-state index contributed by atoms with van der Waals surface area (Å²) in [5.74, 6) is -1.72. The van der Waals surface area contributed by atoms with Crippen molar-refractivity contribution in [3.05, 3.63) is 71.2 Å². The molecule has 13 heteroatoms. The van der Waals surface area contributed by atoms with Crippen LogP contribution in [0.15, 0.2) is 43.0 Å². The number of hydrogen-bond acceptors (Lipinski definition) is 7. The Morgan fingerprint density at radius 2 is 1.98 bits per heavy atom. The number of nitrogens with zero attached hydrogens (tertiary/aromatic N) is 6. The quantitative estimate of drug-likeness (QED) is 0.139. The average Bonchev–Trinajstić information content (AvgIpc) is 3.68. The Kier molecular flexibility index (Phi) is 7.81. The van der Waals surface area contributed by atoms with E-state index in [2.05, 4.69) is 21.3 Å². The topological polar surface area (TPSA) is 66.2 Å². The van der Waals surface area contributed by atoms with Gasteiger partial charge in [0.05, 0.1) is 5.54 Å². The summed E-state index contributed by atoms with van der Waals surface area (Å²) in [4.78, 5) is 30.8. The fraction of sp³-hybridized carbons (Fsp3) is 0.394. The minimum atomic E-state index is -1.04. The Labute approximate surface area is 266 Å². The van der Waals surface area contributed by atoms with Crippen LogP contribution in [-0.4, -0.2) is 89.3 Å². The molecule has 2 aromatic heterocycles. The molecule has 2 aromatic carbocycles. The monoisotopic (exact) mass is 650 g/mol. The van der Waals surface area contributed by atoms with E-state index in [9.17, 15) is 18.0 Å². The van der Waals surface area contributed by atoms with E-state index in [0.717, 1.165) is 19.4 Å². The van der Waals surface area contributed by atoms with Crippen LogP contribution in [0.4, 0.5) is 23.4 Å². The van der Waals surface area contributed by atoms with Crippen molar-refractivity contribution in [2.75, 3.05) is 50.8 Å². The zero-order chi connectivity index (χ0) is 32.2. The third-order valence-corrected chi connectivity index (χ3v) is 10.4. The van der Waals surface area contributed by atoms with E-state index in [1.54, 1.807) is 23.1 Å². The van der Waals surface area contributed by atoms with Crippen LogP contribution in [0.3, 0.4) is 0 Å². The first-order valence-electron chi connectivity index (χ1n) is 15.1. The highest BCUT2D eigenvalue weighted by Gasteiger charge is 2.49. The summed E-state index contributed by atoms with van der Waals surface area (Å²) in [6, 6.07) is 7.30. The van der Waals surface area contributed by atoms with Crippen LogP contribution < -0.4 is 9.64 Å². The molecule has 0 N–H and O–H groups in total. The maximum atomic E-state index is 16.6. The van der Waals surface area contributed by atoms with Gasteiger partial charge in [-0.2, -0.15) is 14.4 Å². The van der Waals surface area contributed by atoms with Crippen LogP contribution in [0.25, 0.3) is 37.0 Å². The van der Waals surface area contributed by atoms with Crippen LogP contribution >= 0.6 is 11.3 Å². The summed E-state index contributed by atoms with van der Waals surface area (Å²) in [5, 5.41) is -0.635. The summed E-state index contributed by atoms with van der Waals surface area (Å²) < 4.78 is 66.7. The molecule has 0 spiro atoms. The van der Waals surface area contributed by atoms with Crippen molar-refractivity contribution in [3.63, 3.8) is 0 Å². The molecule has 0 bridgehead atoms. The maximum Gasteiger partial charge on any atom is 0.319 e. The minimum absolute atomic E-state index is 0.0126. The van der Waals surface area contributed by atoms with E-state index < -0.39 is 34.5 Å². The molecule has 0 aliphatic carbocycles. The first-order chi connectivity index (χ1) is 22.2. The Hall–Kier alpha value is -4.28. The normalized spacial score (nSPS) is 23.2. The van der Waals surface area contributed by atoms with Gasteiger partial charge in [0, 0.05) is 53.6 Å². The lowest BCUT2D eigenvalue weighted by Gasteiger charge is -2.39. The number of amides is 1. The average molecular weight is 651 g/mol. The van der Waals surface area contributed by atoms with Crippen molar-refractivity contribution in [2.45, 2.75) is 37.0 Å². The summed E-state index contributed by atoms with van der Waals surface area (Å²) in [7, 11) is 0. The Morgan fingerprint density at radius 3 is 2.78 bits per heavy atom. The van der Waals surface area contributed by atoms with Crippen molar-refractivity contribution < 1.29 is 27.1 Å². The van der Waals surface area contributed by atoms with Crippen LogP contribution in [0.5, 0.6) is 6.01 Å². The van der Waals surface area contributed by atoms with Gasteiger partial charge < -0.3 is 19.4 Å². The number of piperazine rings is 1. The van der Waals surface area contributed by atoms with Gasteiger partial charge in [-0.05, 0) is 43.2 Å². The van der Waals surface area contributed by atoms with Crippen molar-refractivity contribution in [3.8, 4) is 17.1 Å². The molecule has 8 nitrogen and oxygen atoms in total. The third kappa shape index (κ3) is 5.04. The number of hydrogen-bond donors (Lipinski definition) is 0. The lowest BCUT2D eigenvalue weighted by atomic mass is 9.95. The van der Waals surface area contributed by atoms with Crippen molar-refractivity contribution in [1.82, 2.24) is 19.8 Å². The third-order valence-electron chi connectivity index (χ3n) is 9.45. The molecular formula is C33H30F4N6O2S. The Bertz CT molecular complexity index is 1910. The molecule has 0 unspecified atom stereocenters. The fourth-order valence-corrected chi connectivity index (χ4v) is 8.14. The van der Waals surface area contributed by atoms with E-state index in [0.29, 0.717) is 46.8 Å². The molecule has 3 atom stereocenters. The number of halogens is 4. The first kappa shape index (κ1) is 30.4. The van der Waals surface area contributed by atoms with E-state index >= 15 is 4.39 Å². The maximum absolute atomic E-state index is 16.6. The largest absolute Gasteiger partial charge is 0.461 e. The molecule has 3 saturated heterocycles. The number of fused-ring (bicyclic) bond motifs is 3. The lowest BCUT2D eigenvalue weighted by Crippen LogP contribution is -2.56. The highest BCUT2D eigenvalue weighted by Crippen LogP contribution is 2.42. The molecule has 1 amide bonds. The SMILES string of the molecule is [C-]#[N+]C[C@H]1CN(c2nc(OC[C@@]34CCCN3C[C@H](F)C4)nc3c(F)c(-c4cccc5sc(F)c(F)c45)ccc23)CCN1C(=O)C=C. The van der Waals surface area contributed by atoms with Crippen LogP contribution in [-0.2, 0) is 4.79 Å². The highest BCUT2D eigenvalue weighted by molar-refractivity contribution is 7.17. The predicted octanol–water partition coefficient (Wildman–Crippen LogP) is 6.01. The van der Waals surface area contributed by atoms with Crippen molar-refractivity contribution >= 4 is 44.1 Å². The fourth-order valence-electron chi connectivity index (χ4n) is 7.31. The number of benzene rings is 2. The number of alkyl halides is 1. The van der Waals surface area contributed by atoms with Gasteiger partial charge in [0.15, 0.2) is 11.6 Å². The molecule has 5 heterocycles. The molecular weight excluding hydrogens is 620 g/mol. The number of carbonyl (C=O) groups is 1. The van der Waals surface area contributed by atoms with E-state index in [1.165, 1.54) is 18.2 Å². The molecule has 3 aliphatic rings. The van der Waals surface area contributed by atoms with E-state index in [4.69, 9.17) is 16.3 Å². The second-order valence-corrected chi connectivity index (χ2v) is 13.1. The van der Waals surface area contributed by atoms with Gasteiger partial charge in [-0.25, -0.2) is 19.7 Å². The predicted molar refractivity (Wildman–Crippen MR) is 168 cm³/mol. The molecule has 0 radical (unpaired) electrons.